The number of hydrogen-bond acceptors (Lipinski definition) is 3. The summed E-state index contributed by atoms with van der Waals surface area (Å²) in [7, 11) is 0. The molecular formula is C26H29ClFN3O2. The number of rotatable bonds is 7. The lowest BCUT2D eigenvalue weighted by Gasteiger charge is -2.30. The van der Waals surface area contributed by atoms with Crippen LogP contribution in [0.2, 0.25) is 5.02 Å². The lowest BCUT2D eigenvalue weighted by Crippen LogP contribution is -2.37. The van der Waals surface area contributed by atoms with Crippen molar-refractivity contribution in [1.82, 2.24) is 14.5 Å². The Morgan fingerprint density at radius 1 is 1.24 bits per heavy atom. The summed E-state index contributed by atoms with van der Waals surface area (Å²) in [6.07, 6.45) is 6.29. The van der Waals surface area contributed by atoms with Crippen LogP contribution in [0.15, 0.2) is 47.3 Å². The van der Waals surface area contributed by atoms with E-state index in [-0.39, 0.29) is 16.5 Å². The van der Waals surface area contributed by atoms with Crippen LogP contribution in [0.3, 0.4) is 0 Å². The number of aromatic nitrogens is 2. The molecule has 1 heterocycles. The molecule has 0 aliphatic heterocycles. The lowest BCUT2D eigenvalue weighted by molar-refractivity contribution is -0.133. The number of hydrogen-bond donors (Lipinski definition) is 0. The van der Waals surface area contributed by atoms with E-state index in [0.717, 1.165) is 6.42 Å². The molecule has 174 valence electrons. The van der Waals surface area contributed by atoms with E-state index >= 15 is 0 Å². The summed E-state index contributed by atoms with van der Waals surface area (Å²) >= 11 is 6.03. The molecule has 1 aliphatic rings. The van der Waals surface area contributed by atoms with Crippen molar-refractivity contribution in [2.75, 3.05) is 6.54 Å². The molecule has 1 aromatic heterocycles. The number of carbonyl (C=O) groups excluding carboxylic acids is 1. The van der Waals surface area contributed by atoms with Crippen molar-refractivity contribution in [1.29, 1.82) is 0 Å². The quantitative estimate of drug-likeness (QED) is 0.422. The van der Waals surface area contributed by atoms with E-state index in [1.165, 1.54) is 48.4 Å². The van der Waals surface area contributed by atoms with E-state index < -0.39 is 11.9 Å². The van der Waals surface area contributed by atoms with Crippen molar-refractivity contribution in [3.63, 3.8) is 0 Å². The van der Waals surface area contributed by atoms with Crippen LogP contribution in [0.1, 0.15) is 64.2 Å². The topological polar surface area (TPSA) is 55.2 Å². The largest absolute Gasteiger partial charge is 0.333 e. The first-order valence-electron chi connectivity index (χ1n) is 11.7. The van der Waals surface area contributed by atoms with Gasteiger partial charge >= 0.3 is 0 Å². The van der Waals surface area contributed by atoms with E-state index in [4.69, 9.17) is 16.6 Å². The van der Waals surface area contributed by atoms with Gasteiger partial charge in [0.2, 0.25) is 5.91 Å². The molecule has 1 amide bonds. The van der Waals surface area contributed by atoms with Gasteiger partial charge in [-0.05, 0) is 56.5 Å². The summed E-state index contributed by atoms with van der Waals surface area (Å²) in [5, 5.41) is 0.371. The van der Waals surface area contributed by atoms with E-state index in [1.807, 2.05) is 19.9 Å². The van der Waals surface area contributed by atoms with Crippen molar-refractivity contribution < 1.29 is 9.18 Å². The Morgan fingerprint density at radius 2 is 1.97 bits per heavy atom. The number of amides is 1. The van der Waals surface area contributed by atoms with Crippen LogP contribution < -0.4 is 5.56 Å². The highest BCUT2D eigenvalue weighted by atomic mass is 35.5. The van der Waals surface area contributed by atoms with Gasteiger partial charge in [-0.3, -0.25) is 14.2 Å². The second-order valence-corrected chi connectivity index (χ2v) is 9.18. The first-order valence-corrected chi connectivity index (χ1v) is 12.0. The van der Waals surface area contributed by atoms with Crippen molar-refractivity contribution in [3.05, 3.63) is 69.5 Å². The zero-order chi connectivity index (χ0) is 23.5. The zero-order valence-corrected chi connectivity index (χ0v) is 19.8. The average Bonchev–Trinajstić information content (AvgIpc) is 3.34. The van der Waals surface area contributed by atoms with E-state index in [1.54, 1.807) is 23.1 Å². The molecule has 1 fully saturated rings. The van der Waals surface area contributed by atoms with Gasteiger partial charge < -0.3 is 4.90 Å². The molecule has 1 atom stereocenters. The maximum absolute atomic E-state index is 13.8. The molecule has 1 unspecified atom stereocenters. The summed E-state index contributed by atoms with van der Waals surface area (Å²) in [6.45, 7) is 4.31. The molecule has 3 aromatic rings. The van der Waals surface area contributed by atoms with Gasteiger partial charge in [-0.1, -0.05) is 49.4 Å². The highest BCUT2D eigenvalue weighted by Gasteiger charge is 2.27. The summed E-state index contributed by atoms with van der Waals surface area (Å²) in [5.74, 6) is 0.552. The summed E-state index contributed by atoms with van der Waals surface area (Å²) in [5.41, 5.74) is 0.698. The second-order valence-electron chi connectivity index (χ2n) is 8.77. The molecule has 1 saturated carbocycles. The highest BCUT2D eigenvalue weighted by molar-refractivity contribution is 6.30. The van der Waals surface area contributed by atoms with Crippen LogP contribution >= 0.6 is 11.6 Å². The monoisotopic (exact) mass is 469 g/mol. The van der Waals surface area contributed by atoms with Crippen molar-refractivity contribution >= 4 is 28.4 Å². The number of benzene rings is 2. The Balaban J connectivity index is 1.76. The van der Waals surface area contributed by atoms with Crippen molar-refractivity contribution in [3.8, 4) is 5.69 Å². The molecule has 0 saturated heterocycles. The maximum atomic E-state index is 13.8. The third-order valence-electron chi connectivity index (χ3n) is 6.71. The Bertz CT molecular complexity index is 1220. The van der Waals surface area contributed by atoms with Crippen LogP contribution in [0.4, 0.5) is 4.39 Å². The fraction of sp³-hybridized carbons (Fsp3) is 0.423. The molecule has 2 aromatic carbocycles. The Hall–Kier alpha value is -2.73. The minimum absolute atomic E-state index is 0.0583. The van der Waals surface area contributed by atoms with Gasteiger partial charge in [0.25, 0.3) is 5.56 Å². The maximum Gasteiger partial charge on any atom is 0.266 e. The van der Waals surface area contributed by atoms with Crippen LogP contribution in [0, 0.1) is 11.7 Å². The van der Waals surface area contributed by atoms with Crippen LogP contribution in [0.25, 0.3) is 16.6 Å². The smallest absolute Gasteiger partial charge is 0.266 e. The van der Waals surface area contributed by atoms with Crippen molar-refractivity contribution in [2.45, 2.75) is 58.4 Å². The van der Waals surface area contributed by atoms with Gasteiger partial charge in [0.15, 0.2) is 0 Å². The second kappa shape index (κ2) is 10.0. The summed E-state index contributed by atoms with van der Waals surface area (Å²) in [6, 6.07) is 10.8. The van der Waals surface area contributed by atoms with Gasteiger partial charge in [-0.15, -0.1) is 0 Å². The number of para-hydroxylation sites is 1. The third kappa shape index (κ3) is 4.81. The molecule has 0 bridgehead atoms. The number of carbonyl (C=O) groups is 1. The molecule has 0 radical (unpaired) electrons. The minimum atomic E-state index is -0.561. The SMILES string of the molecule is CCN(C(=O)CCC1CCCC1)C(C)c1nc2ccccc2c(=O)n1-c1ccc(F)c(Cl)c1. The third-order valence-corrected chi connectivity index (χ3v) is 7.00. The standard InChI is InChI=1S/C26H29ClFN3O2/c1-3-30(24(32)15-12-18-8-4-5-9-18)17(2)25-29-23-11-7-6-10-20(23)26(33)31(25)19-13-14-22(28)21(27)16-19/h6-7,10-11,13-14,16-18H,3-5,8-9,12,15H2,1-2H3. The first-order chi connectivity index (χ1) is 15.9. The van der Waals surface area contributed by atoms with Gasteiger partial charge in [-0.25, -0.2) is 9.37 Å². The Morgan fingerprint density at radius 3 is 2.67 bits per heavy atom. The molecule has 0 N–H and O–H groups in total. The molecule has 5 nitrogen and oxygen atoms in total. The fourth-order valence-electron chi connectivity index (χ4n) is 4.88. The lowest BCUT2D eigenvalue weighted by atomic mass is 10.0. The summed E-state index contributed by atoms with van der Waals surface area (Å²) in [4.78, 5) is 33.3. The van der Waals surface area contributed by atoms with Gasteiger partial charge in [0, 0.05) is 13.0 Å². The average molecular weight is 470 g/mol. The normalized spacial score (nSPS) is 15.2. The van der Waals surface area contributed by atoms with Gasteiger partial charge in [0.05, 0.1) is 27.7 Å². The molecule has 0 spiro atoms. The van der Waals surface area contributed by atoms with Crippen LogP contribution in [0.5, 0.6) is 0 Å². The molecule has 33 heavy (non-hydrogen) atoms. The zero-order valence-electron chi connectivity index (χ0n) is 19.1. The first kappa shape index (κ1) is 23.4. The van der Waals surface area contributed by atoms with Gasteiger partial charge in [0.1, 0.15) is 11.6 Å². The predicted molar refractivity (Wildman–Crippen MR) is 129 cm³/mol. The highest BCUT2D eigenvalue weighted by Crippen LogP contribution is 2.30. The number of fused-ring (bicyclic) bond motifs is 1. The number of nitrogens with zero attached hydrogens (tertiary/aromatic N) is 3. The van der Waals surface area contributed by atoms with E-state index in [0.29, 0.717) is 41.3 Å². The van der Waals surface area contributed by atoms with E-state index in [2.05, 4.69) is 0 Å². The predicted octanol–water partition coefficient (Wildman–Crippen LogP) is 6.06. The Kier molecular flexibility index (Phi) is 7.13. The van der Waals surface area contributed by atoms with E-state index in [9.17, 15) is 14.0 Å². The number of halogens is 2. The summed E-state index contributed by atoms with van der Waals surface area (Å²) < 4.78 is 15.3. The van der Waals surface area contributed by atoms with Crippen LogP contribution in [-0.2, 0) is 4.79 Å². The molecule has 1 aliphatic carbocycles. The molecule has 4 rings (SSSR count). The van der Waals surface area contributed by atoms with Gasteiger partial charge in [-0.2, -0.15) is 0 Å². The molecule has 7 heteroatoms. The minimum Gasteiger partial charge on any atom is -0.333 e. The van der Waals surface area contributed by atoms with Crippen molar-refractivity contribution in [2.24, 2.45) is 5.92 Å². The van der Waals surface area contributed by atoms with Crippen LogP contribution in [-0.4, -0.2) is 26.9 Å². The fourth-order valence-corrected chi connectivity index (χ4v) is 5.05. The Labute approximate surface area is 198 Å². The molecular weight excluding hydrogens is 441 g/mol.